The Morgan fingerprint density at radius 2 is 1.77 bits per heavy atom. The Morgan fingerprint density at radius 3 is 2.55 bits per heavy atom. The van der Waals surface area contributed by atoms with Crippen LogP contribution in [0.3, 0.4) is 0 Å². The van der Waals surface area contributed by atoms with Gasteiger partial charge in [-0.1, -0.05) is 20.3 Å². The van der Waals surface area contributed by atoms with E-state index in [1.54, 1.807) is 0 Å². The molecule has 0 bridgehead atoms. The van der Waals surface area contributed by atoms with Gasteiger partial charge in [-0.25, -0.2) is 0 Å². The van der Waals surface area contributed by atoms with Crippen molar-refractivity contribution in [2.24, 2.45) is 34.5 Å². The van der Waals surface area contributed by atoms with E-state index in [4.69, 9.17) is 0 Å². The van der Waals surface area contributed by atoms with Gasteiger partial charge in [-0.15, -0.1) is 0 Å². The normalized spacial score (nSPS) is 54.2. The van der Waals surface area contributed by atoms with Gasteiger partial charge in [-0.05, 0) is 79.4 Å². The zero-order valence-corrected chi connectivity index (χ0v) is 14.2. The predicted octanol–water partition coefficient (Wildman–Crippen LogP) is 5.06. The molecule has 7 atom stereocenters. The molecule has 0 heterocycles. The minimum atomic E-state index is -0.255. The van der Waals surface area contributed by atoms with Crippen LogP contribution in [0.1, 0.15) is 78.1 Å². The van der Waals surface area contributed by atoms with Crippen LogP contribution in [0.5, 0.6) is 0 Å². The highest BCUT2D eigenvalue weighted by atomic mass is 16.6. The smallest absolute Gasteiger partial charge is 0.213 e. The van der Waals surface area contributed by atoms with E-state index in [2.05, 4.69) is 13.8 Å². The first-order chi connectivity index (χ1) is 10.4. The molecule has 3 nitrogen and oxygen atoms in total. The molecule has 124 valence electrons. The minimum absolute atomic E-state index is 0.000573. The molecule has 0 saturated heterocycles. The quantitative estimate of drug-likeness (QED) is 0.501. The summed E-state index contributed by atoms with van der Waals surface area (Å²) in [6, 6.07) is -0.255. The number of hydrogen-bond donors (Lipinski definition) is 0. The first-order valence-corrected chi connectivity index (χ1v) is 9.57. The Bertz CT molecular complexity index is 478. The number of nitrogens with zero attached hydrogens (tertiary/aromatic N) is 1. The van der Waals surface area contributed by atoms with Crippen LogP contribution >= 0.6 is 0 Å². The number of nitro groups is 1. The molecule has 4 saturated carbocycles. The van der Waals surface area contributed by atoms with Crippen molar-refractivity contribution in [3.8, 4) is 0 Å². The zero-order chi connectivity index (χ0) is 15.5. The molecule has 0 radical (unpaired) electrons. The number of fused-ring (bicyclic) bond motifs is 5. The van der Waals surface area contributed by atoms with Crippen LogP contribution in [0, 0.1) is 44.6 Å². The molecule has 0 spiro atoms. The Hall–Kier alpha value is -0.600. The fraction of sp³-hybridized carbons (Fsp3) is 1.00. The van der Waals surface area contributed by atoms with Gasteiger partial charge >= 0.3 is 0 Å². The lowest BCUT2D eigenvalue weighted by molar-refractivity contribution is -0.531. The predicted molar refractivity (Wildman–Crippen MR) is 87.1 cm³/mol. The summed E-state index contributed by atoms with van der Waals surface area (Å²) in [5.74, 6) is 3.35. The zero-order valence-electron chi connectivity index (χ0n) is 14.2. The van der Waals surface area contributed by atoms with Gasteiger partial charge in [0.2, 0.25) is 6.04 Å². The summed E-state index contributed by atoms with van der Waals surface area (Å²) in [4.78, 5) is 11.2. The van der Waals surface area contributed by atoms with Crippen LogP contribution < -0.4 is 0 Å². The van der Waals surface area contributed by atoms with Crippen molar-refractivity contribution in [2.75, 3.05) is 0 Å². The van der Waals surface area contributed by atoms with Gasteiger partial charge in [-0.2, -0.15) is 0 Å². The van der Waals surface area contributed by atoms with Gasteiger partial charge in [-0.3, -0.25) is 10.1 Å². The Labute approximate surface area is 134 Å². The molecule has 0 aromatic heterocycles. The summed E-state index contributed by atoms with van der Waals surface area (Å²) in [7, 11) is 0. The van der Waals surface area contributed by atoms with E-state index < -0.39 is 0 Å². The second kappa shape index (κ2) is 4.95. The summed E-state index contributed by atoms with van der Waals surface area (Å²) in [5, 5.41) is 11.2. The van der Waals surface area contributed by atoms with Crippen LogP contribution in [-0.4, -0.2) is 11.0 Å². The average molecular weight is 305 g/mol. The lowest BCUT2D eigenvalue weighted by atomic mass is 9.45. The maximum absolute atomic E-state index is 11.2. The molecule has 3 heteroatoms. The summed E-state index contributed by atoms with van der Waals surface area (Å²) in [5.41, 5.74) is 1.03. The molecular weight excluding hydrogens is 274 g/mol. The van der Waals surface area contributed by atoms with Crippen molar-refractivity contribution >= 4 is 0 Å². The van der Waals surface area contributed by atoms with Crippen molar-refractivity contribution < 1.29 is 4.92 Å². The van der Waals surface area contributed by atoms with Crippen molar-refractivity contribution in [1.82, 2.24) is 0 Å². The Balaban J connectivity index is 1.58. The Kier molecular flexibility index (Phi) is 3.36. The monoisotopic (exact) mass is 305 g/mol. The van der Waals surface area contributed by atoms with Crippen LogP contribution in [0.4, 0.5) is 0 Å². The molecule has 0 aromatic rings. The highest BCUT2D eigenvalue weighted by molar-refractivity contribution is 5.07. The van der Waals surface area contributed by atoms with Gasteiger partial charge in [0.05, 0.1) is 0 Å². The lowest BCUT2D eigenvalue weighted by Gasteiger charge is -2.60. The molecule has 4 aliphatic carbocycles. The first-order valence-electron chi connectivity index (χ1n) is 9.57. The van der Waals surface area contributed by atoms with Crippen LogP contribution in [0.2, 0.25) is 0 Å². The van der Waals surface area contributed by atoms with Gasteiger partial charge in [0.1, 0.15) is 0 Å². The molecule has 0 aromatic carbocycles. The third-order valence-corrected chi connectivity index (χ3v) is 8.72. The fourth-order valence-corrected chi connectivity index (χ4v) is 7.42. The maximum atomic E-state index is 11.2. The standard InChI is InChI=1S/C19H31NO2/c1-18-9-3-4-16(18)15-6-5-13-12-14(20(21)22)7-11-19(13,2)17(15)8-10-18/h13-17H,3-12H2,1-2H3/t13?,14?,15-,16?,17?,18+,19+/m1/s1. The van der Waals surface area contributed by atoms with Crippen molar-refractivity contribution in [2.45, 2.75) is 84.1 Å². The van der Waals surface area contributed by atoms with E-state index in [1.807, 2.05) is 0 Å². The summed E-state index contributed by atoms with van der Waals surface area (Å²) < 4.78 is 0. The van der Waals surface area contributed by atoms with E-state index in [9.17, 15) is 10.1 Å². The largest absolute Gasteiger partial charge is 0.264 e. The molecular formula is C19H31NO2. The van der Waals surface area contributed by atoms with Crippen molar-refractivity contribution in [3.63, 3.8) is 0 Å². The van der Waals surface area contributed by atoms with E-state index in [1.165, 1.54) is 44.9 Å². The summed E-state index contributed by atoms with van der Waals surface area (Å²) >= 11 is 0. The van der Waals surface area contributed by atoms with Gasteiger partial charge in [0.25, 0.3) is 0 Å². The van der Waals surface area contributed by atoms with Gasteiger partial charge < -0.3 is 0 Å². The molecule has 4 fully saturated rings. The van der Waals surface area contributed by atoms with Crippen molar-refractivity contribution in [1.29, 1.82) is 0 Å². The third-order valence-electron chi connectivity index (χ3n) is 8.72. The maximum Gasteiger partial charge on any atom is 0.213 e. The first kappa shape index (κ1) is 15.0. The molecule has 4 unspecified atom stereocenters. The highest BCUT2D eigenvalue weighted by Crippen LogP contribution is 2.66. The van der Waals surface area contributed by atoms with Crippen molar-refractivity contribution in [3.05, 3.63) is 10.1 Å². The topological polar surface area (TPSA) is 43.1 Å². The van der Waals surface area contributed by atoms with Gasteiger partial charge in [0, 0.05) is 17.8 Å². The lowest BCUT2D eigenvalue weighted by Crippen LogP contribution is -2.53. The second-order valence-corrected chi connectivity index (χ2v) is 9.46. The van der Waals surface area contributed by atoms with Gasteiger partial charge in [0.15, 0.2) is 0 Å². The van der Waals surface area contributed by atoms with E-state index >= 15 is 0 Å². The molecule has 0 aliphatic heterocycles. The Morgan fingerprint density at radius 1 is 0.955 bits per heavy atom. The average Bonchev–Trinajstić information content (AvgIpc) is 2.88. The van der Waals surface area contributed by atoms with Crippen LogP contribution in [0.25, 0.3) is 0 Å². The molecule has 0 N–H and O–H groups in total. The second-order valence-electron chi connectivity index (χ2n) is 9.46. The van der Waals surface area contributed by atoms with E-state index in [0.717, 1.165) is 37.0 Å². The number of hydrogen-bond acceptors (Lipinski definition) is 2. The van der Waals surface area contributed by atoms with E-state index in [0.29, 0.717) is 16.7 Å². The van der Waals surface area contributed by atoms with Crippen LogP contribution in [-0.2, 0) is 0 Å². The van der Waals surface area contributed by atoms with E-state index in [-0.39, 0.29) is 11.0 Å². The molecule has 4 rings (SSSR count). The summed E-state index contributed by atoms with van der Waals surface area (Å²) in [6.45, 7) is 5.06. The SMILES string of the molecule is C[C@@]12CCCC1[C@H]1CCC3CC([N+](=O)[O-])CC[C@]3(C)C1CC2. The highest BCUT2D eigenvalue weighted by Gasteiger charge is 2.58. The number of rotatable bonds is 1. The molecule has 0 amide bonds. The fourth-order valence-electron chi connectivity index (χ4n) is 7.42. The minimum Gasteiger partial charge on any atom is -0.264 e. The van der Waals surface area contributed by atoms with Crippen LogP contribution in [0.15, 0.2) is 0 Å². The summed E-state index contributed by atoms with van der Waals surface area (Å²) in [6.07, 6.45) is 12.6. The molecule has 22 heavy (non-hydrogen) atoms. The third kappa shape index (κ3) is 1.99. The molecule has 4 aliphatic rings.